The van der Waals surface area contributed by atoms with E-state index in [0.29, 0.717) is 23.0 Å². The van der Waals surface area contributed by atoms with Crippen LogP contribution in [0.4, 0.5) is 5.69 Å². The van der Waals surface area contributed by atoms with Gasteiger partial charge < -0.3 is 9.73 Å². The number of nitrogens with zero attached hydrogens (tertiary/aromatic N) is 1. The van der Waals surface area contributed by atoms with E-state index in [-0.39, 0.29) is 10.7 Å². The van der Waals surface area contributed by atoms with Crippen molar-refractivity contribution in [2.75, 3.05) is 11.6 Å². The molecule has 0 unspecified atom stereocenters. The average molecular weight is 311 g/mol. The molecule has 1 N–H and O–H groups in total. The maximum absolute atomic E-state index is 11.5. The molecule has 0 aliphatic carbocycles. The minimum absolute atomic E-state index is 0.182. The summed E-state index contributed by atoms with van der Waals surface area (Å²) in [7, 11) is -3.29. The first-order chi connectivity index (χ1) is 9.40. The van der Waals surface area contributed by atoms with Crippen LogP contribution in [-0.2, 0) is 16.4 Å². The van der Waals surface area contributed by atoms with Gasteiger partial charge in [0.05, 0.1) is 22.2 Å². The molecular weight excluding hydrogens is 300 g/mol. The number of benzene rings is 1. The molecule has 20 heavy (non-hydrogen) atoms. The Kier molecular flexibility index (Phi) is 4.02. The van der Waals surface area contributed by atoms with Gasteiger partial charge in [-0.15, -0.1) is 0 Å². The van der Waals surface area contributed by atoms with Crippen molar-refractivity contribution in [2.24, 2.45) is 0 Å². The maximum Gasteiger partial charge on any atom is 0.203 e. The van der Waals surface area contributed by atoms with Crippen molar-refractivity contribution >= 4 is 27.1 Å². The molecule has 1 aromatic heterocycles. The van der Waals surface area contributed by atoms with E-state index in [4.69, 9.17) is 21.3 Å². The zero-order valence-corrected chi connectivity index (χ0v) is 12.1. The van der Waals surface area contributed by atoms with Gasteiger partial charge in [0.1, 0.15) is 11.8 Å². The van der Waals surface area contributed by atoms with E-state index in [1.165, 1.54) is 18.2 Å². The summed E-state index contributed by atoms with van der Waals surface area (Å²) in [5.74, 6) is 0.778. The topological polar surface area (TPSA) is 83.1 Å². The molecule has 0 bridgehead atoms. The van der Waals surface area contributed by atoms with E-state index < -0.39 is 9.84 Å². The van der Waals surface area contributed by atoms with Gasteiger partial charge >= 0.3 is 0 Å². The fourth-order valence-corrected chi connectivity index (χ4v) is 2.42. The van der Waals surface area contributed by atoms with Crippen molar-refractivity contribution in [1.29, 1.82) is 5.26 Å². The Hall–Kier alpha value is -1.97. The highest BCUT2D eigenvalue weighted by Crippen LogP contribution is 2.26. The molecule has 1 heterocycles. The molecular formula is C13H11ClN2O3S. The third kappa shape index (κ3) is 3.32. The first-order valence-corrected chi connectivity index (χ1v) is 7.89. The zero-order chi connectivity index (χ0) is 14.8. The highest BCUT2D eigenvalue weighted by molar-refractivity contribution is 7.90. The highest BCUT2D eigenvalue weighted by atomic mass is 35.5. The van der Waals surface area contributed by atoms with Gasteiger partial charge in [-0.1, -0.05) is 11.6 Å². The maximum atomic E-state index is 11.5. The number of nitriles is 1. The van der Waals surface area contributed by atoms with Crippen LogP contribution in [0.3, 0.4) is 0 Å². The average Bonchev–Trinajstić information content (AvgIpc) is 2.84. The Labute approximate surface area is 121 Å². The number of hydrogen-bond donors (Lipinski definition) is 1. The van der Waals surface area contributed by atoms with Crippen LogP contribution >= 0.6 is 11.6 Å². The second-order valence-electron chi connectivity index (χ2n) is 4.15. The first-order valence-electron chi connectivity index (χ1n) is 5.62. The van der Waals surface area contributed by atoms with Crippen LogP contribution in [0.15, 0.2) is 39.6 Å². The van der Waals surface area contributed by atoms with Crippen molar-refractivity contribution in [3.05, 3.63) is 46.9 Å². The van der Waals surface area contributed by atoms with Gasteiger partial charge in [0.25, 0.3) is 0 Å². The summed E-state index contributed by atoms with van der Waals surface area (Å²) in [5, 5.41) is 12.0. The van der Waals surface area contributed by atoms with Crippen molar-refractivity contribution in [1.82, 2.24) is 0 Å². The van der Waals surface area contributed by atoms with Gasteiger partial charge in [-0.3, -0.25) is 0 Å². The second kappa shape index (κ2) is 5.57. The lowest BCUT2D eigenvalue weighted by molar-refractivity contribution is 0.506. The van der Waals surface area contributed by atoms with Crippen LogP contribution in [0.1, 0.15) is 11.5 Å². The molecule has 0 spiro atoms. The Morgan fingerprint density at radius 1 is 1.35 bits per heavy atom. The lowest BCUT2D eigenvalue weighted by Gasteiger charge is -2.08. The number of halogens is 1. The van der Waals surface area contributed by atoms with Gasteiger partial charge in [0.15, 0.2) is 9.84 Å². The summed E-state index contributed by atoms with van der Waals surface area (Å²) >= 11 is 6.00. The molecule has 0 aliphatic rings. The third-order valence-corrected chi connectivity index (χ3v) is 4.03. The van der Waals surface area contributed by atoms with E-state index in [9.17, 15) is 8.42 Å². The number of hydrogen-bond acceptors (Lipinski definition) is 5. The Bertz CT molecular complexity index is 775. The summed E-state index contributed by atoms with van der Waals surface area (Å²) in [6.07, 6.45) is 1.13. The standard InChI is InChI=1S/C13H11ClN2O3S/c1-20(17,18)11-4-5-12(14)13(6-11)16-8-10-3-2-9(7-15)19-10/h2-6,16H,8H2,1H3. The van der Waals surface area contributed by atoms with Crippen LogP contribution in [0, 0.1) is 11.3 Å². The molecule has 0 saturated carbocycles. The van der Waals surface area contributed by atoms with Crippen molar-refractivity contribution in [3.63, 3.8) is 0 Å². The Morgan fingerprint density at radius 3 is 2.70 bits per heavy atom. The van der Waals surface area contributed by atoms with Crippen molar-refractivity contribution in [2.45, 2.75) is 11.4 Å². The van der Waals surface area contributed by atoms with E-state index in [2.05, 4.69) is 5.32 Å². The molecule has 0 atom stereocenters. The van der Waals surface area contributed by atoms with Gasteiger partial charge in [-0.25, -0.2) is 8.42 Å². The number of furan rings is 1. The van der Waals surface area contributed by atoms with Crippen LogP contribution in [-0.4, -0.2) is 14.7 Å². The third-order valence-electron chi connectivity index (χ3n) is 2.59. The molecule has 0 aliphatic heterocycles. The molecule has 5 nitrogen and oxygen atoms in total. The Morgan fingerprint density at radius 2 is 2.10 bits per heavy atom. The largest absolute Gasteiger partial charge is 0.449 e. The van der Waals surface area contributed by atoms with E-state index in [1.54, 1.807) is 12.1 Å². The predicted molar refractivity (Wildman–Crippen MR) is 75.3 cm³/mol. The SMILES string of the molecule is CS(=O)(=O)c1ccc(Cl)c(NCc2ccc(C#N)o2)c1. The molecule has 0 radical (unpaired) electrons. The summed E-state index contributed by atoms with van der Waals surface area (Å²) in [5.41, 5.74) is 0.490. The van der Waals surface area contributed by atoms with Gasteiger partial charge in [0.2, 0.25) is 5.76 Å². The van der Waals surface area contributed by atoms with Crippen LogP contribution < -0.4 is 5.32 Å². The fourth-order valence-electron chi connectivity index (χ4n) is 1.59. The van der Waals surface area contributed by atoms with E-state index in [0.717, 1.165) is 6.26 Å². The van der Waals surface area contributed by atoms with Gasteiger partial charge in [-0.2, -0.15) is 5.26 Å². The quantitative estimate of drug-likeness (QED) is 0.938. The lowest BCUT2D eigenvalue weighted by Crippen LogP contribution is -2.02. The summed E-state index contributed by atoms with van der Waals surface area (Å²) in [4.78, 5) is 0.182. The fraction of sp³-hybridized carbons (Fsp3) is 0.154. The monoisotopic (exact) mass is 310 g/mol. The van der Waals surface area contributed by atoms with Crippen molar-refractivity contribution < 1.29 is 12.8 Å². The van der Waals surface area contributed by atoms with E-state index >= 15 is 0 Å². The normalized spacial score (nSPS) is 11.1. The molecule has 2 aromatic rings. The van der Waals surface area contributed by atoms with Crippen LogP contribution in [0.5, 0.6) is 0 Å². The molecule has 1 aromatic carbocycles. The number of nitrogens with one attached hydrogen (secondary N) is 1. The molecule has 7 heteroatoms. The predicted octanol–water partition coefficient (Wildman–Crippen LogP) is 2.82. The minimum atomic E-state index is -3.29. The van der Waals surface area contributed by atoms with Crippen molar-refractivity contribution in [3.8, 4) is 6.07 Å². The number of rotatable bonds is 4. The summed E-state index contributed by atoms with van der Waals surface area (Å²) in [6, 6.07) is 9.54. The summed E-state index contributed by atoms with van der Waals surface area (Å²) in [6.45, 7) is 0.300. The highest BCUT2D eigenvalue weighted by Gasteiger charge is 2.10. The van der Waals surface area contributed by atoms with Crippen LogP contribution in [0.25, 0.3) is 0 Å². The minimum Gasteiger partial charge on any atom is -0.449 e. The molecule has 0 fully saturated rings. The molecule has 2 rings (SSSR count). The van der Waals surface area contributed by atoms with Crippen LogP contribution in [0.2, 0.25) is 5.02 Å². The number of anilines is 1. The lowest BCUT2D eigenvalue weighted by atomic mass is 10.3. The molecule has 0 amide bonds. The smallest absolute Gasteiger partial charge is 0.203 e. The molecule has 104 valence electrons. The van der Waals surface area contributed by atoms with Gasteiger partial charge in [0, 0.05) is 6.26 Å². The first kappa shape index (κ1) is 14.4. The van der Waals surface area contributed by atoms with Gasteiger partial charge in [-0.05, 0) is 30.3 Å². The zero-order valence-electron chi connectivity index (χ0n) is 10.6. The second-order valence-corrected chi connectivity index (χ2v) is 6.57. The molecule has 0 saturated heterocycles. The summed E-state index contributed by atoms with van der Waals surface area (Å²) < 4.78 is 28.2. The van der Waals surface area contributed by atoms with E-state index in [1.807, 2.05) is 6.07 Å². The number of sulfone groups is 1. The Balaban J connectivity index is 2.19.